The molecule has 0 bridgehead atoms. The first-order valence-corrected chi connectivity index (χ1v) is 5.74. The Morgan fingerprint density at radius 2 is 1.80 bits per heavy atom. The summed E-state index contributed by atoms with van der Waals surface area (Å²) < 4.78 is 5.36. The molecule has 0 spiro atoms. The molecule has 2 rings (SSSR count). The molecule has 82 valence electrons. The Bertz CT molecular complexity index is 314. The van der Waals surface area contributed by atoms with E-state index in [4.69, 9.17) is 10.5 Å². The standard InChI is InChI=1S/C13H19NO/c1-15-13-8-11-6-4-2-3-5-10(11)7-12(13)9-14/h7-8H,2-6,9,14H2,1H3. The number of aryl methyl sites for hydroxylation is 2. The maximum absolute atomic E-state index is 5.72. The van der Waals surface area contributed by atoms with Crippen molar-refractivity contribution in [3.8, 4) is 5.75 Å². The number of fused-ring (bicyclic) bond motifs is 1. The molecule has 0 aliphatic heterocycles. The highest BCUT2D eigenvalue weighted by molar-refractivity contribution is 5.43. The Kier molecular flexibility index (Phi) is 3.27. The zero-order chi connectivity index (χ0) is 10.7. The van der Waals surface area contributed by atoms with Gasteiger partial charge in [-0.3, -0.25) is 0 Å². The highest BCUT2D eigenvalue weighted by atomic mass is 16.5. The van der Waals surface area contributed by atoms with Crippen molar-refractivity contribution in [1.29, 1.82) is 0 Å². The second kappa shape index (κ2) is 4.67. The molecule has 0 aromatic heterocycles. The molecule has 2 heteroatoms. The number of benzene rings is 1. The molecule has 0 heterocycles. The van der Waals surface area contributed by atoms with Crippen LogP contribution in [0.25, 0.3) is 0 Å². The number of nitrogens with two attached hydrogens (primary N) is 1. The Labute approximate surface area is 91.4 Å². The minimum Gasteiger partial charge on any atom is -0.496 e. The van der Waals surface area contributed by atoms with Crippen LogP contribution in [-0.4, -0.2) is 7.11 Å². The van der Waals surface area contributed by atoms with Crippen molar-refractivity contribution in [2.45, 2.75) is 38.6 Å². The first kappa shape index (κ1) is 10.5. The molecule has 1 aliphatic rings. The van der Waals surface area contributed by atoms with Crippen molar-refractivity contribution in [2.75, 3.05) is 7.11 Å². The van der Waals surface area contributed by atoms with Crippen LogP contribution in [0.4, 0.5) is 0 Å². The molecule has 15 heavy (non-hydrogen) atoms. The van der Waals surface area contributed by atoms with E-state index in [1.54, 1.807) is 7.11 Å². The lowest BCUT2D eigenvalue weighted by Crippen LogP contribution is -2.03. The monoisotopic (exact) mass is 205 g/mol. The molecule has 2 N–H and O–H groups in total. The SMILES string of the molecule is COc1cc2c(cc1CN)CCCCC2. The van der Waals surface area contributed by atoms with Gasteiger partial charge in [-0.2, -0.15) is 0 Å². The summed E-state index contributed by atoms with van der Waals surface area (Å²) >= 11 is 0. The van der Waals surface area contributed by atoms with Gasteiger partial charge in [-0.25, -0.2) is 0 Å². The van der Waals surface area contributed by atoms with Gasteiger partial charge in [0.2, 0.25) is 0 Å². The lowest BCUT2D eigenvalue weighted by atomic mass is 9.99. The largest absolute Gasteiger partial charge is 0.496 e. The van der Waals surface area contributed by atoms with Gasteiger partial charge in [0.05, 0.1) is 7.11 Å². The van der Waals surface area contributed by atoms with Gasteiger partial charge in [-0.05, 0) is 42.9 Å². The van der Waals surface area contributed by atoms with E-state index in [0.29, 0.717) is 6.54 Å². The molecule has 0 amide bonds. The van der Waals surface area contributed by atoms with Gasteiger partial charge in [-0.15, -0.1) is 0 Å². The minimum atomic E-state index is 0.566. The van der Waals surface area contributed by atoms with E-state index in [1.165, 1.54) is 43.2 Å². The van der Waals surface area contributed by atoms with E-state index in [2.05, 4.69) is 12.1 Å². The quantitative estimate of drug-likeness (QED) is 0.753. The predicted octanol–water partition coefficient (Wildman–Crippen LogP) is 2.42. The van der Waals surface area contributed by atoms with Crippen LogP contribution >= 0.6 is 0 Å². The first-order chi connectivity index (χ1) is 7.35. The average Bonchev–Trinajstić information content (AvgIpc) is 2.51. The molecular weight excluding hydrogens is 186 g/mol. The van der Waals surface area contributed by atoms with E-state index in [1.807, 2.05) is 0 Å². The fraction of sp³-hybridized carbons (Fsp3) is 0.538. The van der Waals surface area contributed by atoms with E-state index in [9.17, 15) is 0 Å². The van der Waals surface area contributed by atoms with Crippen LogP contribution in [-0.2, 0) is 19.4 Å². The summed E-state index contributed by atoms with van der Waals surface area (Å²) in [6.45, 7) is 0.566. The van der Waals surface area contributed by atoms with Crippen molar-refractivity contribution in [2.24, 2.45) is 5.73 Å². The molecule has 1 aliphatic carbocycles. The van der Waals surface area contributed by atoms with E-state index in [0.717, 1.165) is 11.3 Å². The molecule has 0 saturated heterocycles. The number of hydrogen-bond acceptors (Lipinski definition) is 2. The smallest absolute Gasteiger partial charge is 0.123 e. The second-order valence-corrected chi connectivity index (χ2v) is 4.20. The molecule has 2 nitrogen and oxygen atoms in total. The summed E-state index contributed by atoms with van der Waals surface area (Å²) in [5, 5.41) is 0. The number of hydrogen-bond donors (Lipinski definition) is 1. The Morgan fingerprint density at radius 1 is 1.13 bits per heavy atom. The maximum Gasteiger partial charge on any atom is 0.123 e. The van der Waals surface area contributed by atoms with Crippen molar-refractivity contribution < 1.29 is 4.74 Å². The number of rotatable bonds is 2. The maximum atomic E-state index is 5.72. The van der Waals surface area contributed by atoms with E-state index < -0.39 is 0 Å². The summed E-state index contributed by atoms with van der Waals surface area (Å²) in [4.78, 5) is 0. The molecule has 1 aromatic rings. The second-order valence-electron chi connectivity index (χ2n) is 4.20. The summed E-state index contributed by atoms with van der Waals surface area (Å²) in [6.07, 6.45) is 6.35. The lowest BCUT2D eigenvalue weighted by molar-refractivity contribution is 0.409. The normalized spacial score (nSPS) is 15.6. The summed E-state index contributed by atoms with van der Waals surface area (Å²) in [7, 11) is 1.72. The Hall–Kier alpha value is -1.02. The molecule has 0 saturated carbocycles. The number of ether oxygens (including phenoxy) is 1. The highest BCUT2D eigenvalue weighted by Crippen LogP contribution is 2.28. The molecule has 0 atom stereocenters. The third-order valence-electron chi connectivity index (χ3n) is 3.21. The molecular formula is C13H19NO. The van der Waals surface area contributed by atoms with Crippen molar-refractivity contribution in [3.05, 3.63) is 28.8 Å². The third-order valence-corrected chi connectivity index (χ3v) is 3.21. The van der Waals surface area contributed by atoms with Crippen molar-refractivity contribution in [1.82, 2.24) is 0 Å². The third kappa shape index (κ3) is 2.15. The van der Waals surface area contributed by atoms with E-state index >= 15 is 0 Å². The van der Waals surface area contributed by atoms with Crippen LogP contribution in [0.5, 0.6) is 5.75 Å². The fourth-order valence-corrected chi connectivity index (χ4v) is 2.34. The molecule has 0 unspecified atom stereocenters. The van der Waals surface area contributed by atoms with Crippen LogP contribution in [0.2, 0.25) is 0 Å². The van der Waals surface area contributed by atoms with Gasteiger partial charge in [-0.1, -0.05) is 12.5 Å². The van der Waals surface area contributed by atoms with Gasteiger partial charge in [0.1, 0.15) is 5.75 Å². The zero-order valence-electron chi connectivity index (χ0n) is 9.38. The molecule has 0 radical (unpaired) electrons. The molecule has 0 fully saturated rings. The molecule has 1 aromatic carbocycles. The van der Waals surface area contributed by atoms with E-state index in [-0.39, 0.29) is 0 Å². The van der Waals surface area contributed by atoms with Gasteiger partial charge in [0.25, 0.3) is 0 Å². The minimum absolute atomic E-state index is 0.566. The van der Waals surface area contributed by atoms with Crippen LogP contribution in [0.15, 0.2) is 12.1 Å². The topological polar surface area (TPSA) is 35.2 Å². The average molecular weight is 205 g/mol. The Balaban J connectivity index is 2.41. The van der Waals surface area contributed by atoms with Crippen LogP contribution < -0.4 is 10.5 Å². The van der Waals surface area contributed by atoms with Crippen LogP contribution in [0.3, 0.4) is 0 Å². The summed E-state index contributed by atoms with van der Waals surface area (Å²) in [6, 6.07) is 4.42. The zero-order valence-corrected chi connectivity index (χ0v) is 9.38. The van der Waals surface area contributed by atoms with Gasteiger partial charge >= 0.3 is 0 Å². The number of methoxy groups -OCH3 is 1. The summed E-state index contributed by atoms with van der Waals surface area (Å²) in [5.74, 6) is 0.957. The predicted molar refractivity (Wildman–Crippen MR) is 62.1 cm³/mol. The first-order valence-electron chi connectivity index (χ1n) is 5.74. The Morgan fingerprint density at radius 3 is 2.40 bits per heavy atom. The van der Waals surface area contributed by atoms with Crippen molar-refractivity contribution >= 4 is 0 Å². The van der Waals surface area contributed by atoms with Gasteiger partial charge < -0.3 is 10.5 Å². The highest BCUT2D eigenvalue weighted by Gasteiger charge is 2.11. The van der Waals surface area contributed by atoms with Gasteiger partial charge in [0, 0.05) is 12.1 Å². The lowest BCUT2D eigenvalue weighted by Gasteiger charge is -2.12. The van der Waals surface area contributed by atoms with Crippen LogP contribution in [0.1, 0.15) is 36.0 Å². The van der Waals surface area contributed by atoms with Crippen molar-refractivity contribution in [3.63, 3.8) is 0 Å². The van der Waals surface area contributed by atoms with Gasteiger partial charge in [0.15, 0.2) is 0 Å². The summed E-state index contributed by atoms with van der Waals surface area (Å²) in [5.41, 5.74) is 9.80. The fourth-order valence-electron chi connectivity index (χ4n) is 2.34. The van der Waals surface area contributed by atoms with Crippen LogP contribution in [0, 0.1) is 0 Å².